The number of benzene rings is 2. The van der Waals surface area contributed by atoms with Gasteiger partial charge in [-0.25, -0.2) is 13.2 Å². The number of nitrogens with zero attached hydrogens (tertiary/aromatic N) is 1. The molecule has 0 aliphatic carbocycles. The Morgan fingerprint density at radius 1 is 1.11 bits per heavy atom. The molecular weight excluding hydrogens is 434 g/mol. The quantitative estimate of drug-likeness (QED) is 0.447. The van der Waals surface area contributed by atoms with Crippen LogP contribution in [0.25, 0.3) is 0 Å². The number of ether oxygens (including phenoxy) is 2. The smallest absolute Gasteiger partial charge is 0.338 e. The highest BCUT2D eigenvalue weighted by atomic mass is 79.9. The minimum Gasteiger partial charge on any atom is -0.490 e. The minimum atomic E-state index is -3.66. The maximum atomic E-state index is 12.5. The molecule has 0 radical (unpaired) electrons. The number of sulfonamides is 1. The molecule has 0 N–H and O–H groups in total. The zero-order valence-electron chi connectivity index (χ0n) is 15.4. The van der Waals surface area contributed by atoms with Crippen molar-refractivity contribution >= 4 is 31.9 Å². The summed E-state index contributed by atoms with van der Waals surface area (Å²) in [4.78, 5) is 12.3. The van der Waals surface area contributed by atoms with E-state index in [0.29, 0.717) is 5.75 Å². The first-order chi connectivity index (χ1) is 12.7. The number of halogens is 1. The summed E-state index contributed by atoms with van der Waals surface area (Å²) in [6.07, 6.45) is 0. The van der Waals surface area contributed by atoms with E-state index in [0.717, 1.165) is 4.47 Å². The Hall–Kier alpha value is -1.90. The number of esters is 1. The van der Waals surface area contributed by atoms with Crippen molar-refractivity contribution in [3.63, 3.8) is 0 Å². The molecule has 0 amide bonds. The molecule has 0 aliphatic heterocycles. The lowest BCUT2D eigenvalue weighted by Gasteiger charge is -2.21. The molecular formula is C19H22BrNO5S. The third kappa shape index (κ3) is 5.79. The van der Waals surface area contributed by atoms with E-state index >= 15 is 0 Å². The predicted octanol–water partition coefficient (Wildman–Crippen LogP) is 3.71. The van der Waals surface area contributed by atoms with Crippen molar-refractivity contribution in [1.29, 1.82) is 0 Å². The van der Waals surface area contributed by atoms with Crippen LogP contribution in [0.1, 0.15) is 24.2 Å². The molecule has 0 saturated carbocycles. The number of carbonyl (C=O) groups excluding carboxylic acids is 1. The van der Waals surface area contributed by atoms with Gasteiger partial charge in [0.05, 0.1) is 10.5 Å². The van der Waals surface area contributed by atoms with E-state index in [1.165, 1.54) is 35.6 Å². The Bertz CT molecular complexity index is 898. The Kier molecular flexibility index (Phi) is 7.41. The summed E-state index contributed by atoms with van der Waals surface area (Å²) >= 11 is 3.35. The van der Waals surface area contributed by atoms with Gasteiger partial charge in [0.1, 0.15) is 19.0 Å². The van der Waals surface area contributed by atoms with Crippen LogP contribution in [-0.4, -0.2) is 45.0 Å². The maximum Gasteiger partial charge on any atom is 0.338 e. The van der Waals surface area contributed by atoms with Crippen LogP contribution in [-0.2, 0) is 14.8 Å². The van der Waals surface area contributed by atoms with Crippen LogP contribution in [0, 0.1) is 0 Å². The number of hydrogen-bond acceptors (Lipinski definition) is 5. The van der Waals surface area contributed by atoms with Crippen LogP contribution < -0.4 is 4.74 Å². The highest BCUT2D eigenvalue weighted by Gasteiger charge is 2.24. The Balaban J connectivity index is 1.97. The second kappa shape index (κ2) is 9.34. The predicted molar refractivity (Wildman–Crippen MR) is 106 cm³/mol. The average Bonchev–Trinajstić information content (AvgIpc) is 2.64. The first-order valence-corrected chi connectivity index (χ1v) is 10.6. The number of carbonyl (C=O) groups is 1. The third-order valence-electron chi connectivity index (χ3n) is 3.86. The van der Waals surface area contributed by atoms with Gasteiger partial charge in [-0.1, -0.05) is 28.1 Å². The fourth-order valence-electron chi connectivity index (χ4n) is 2.16. The van der Waals surface area contributed by atoms with Crippen molar-refractivity contribution in [2.75, 3.05) is 20.3 Å². The van der Waals surface area contributed by atoms with E-state index in [1.807, 2.05) is 12.1 Å². The topological polar surface area (TPSA) is 72.9 Å². The van der Waals surface area contributed by atoms with Crippen molar-refractivity contribution in [1.82, 2.24) is 4.31 Å². The fraction of sp³-hybridized carbons (Fsp3) is 0.316. The summed E-state index contributed by atoms with van der Waals surface area (Å²) in [6, 6.07) is 13.0. The van der Waals surface area contributed by atoms with E-state index in [4.69, 9.17) is 9.47 Å². The number of rotatable bonds is 8. The molecule has 2 aromatic rings. The van der Waals surface area contributed by atoms with Crippen LogP contribution in [0.2, 0.25) is 0 Å². The summed E-state index contributed by atoms with van der Waals surface area (Å²) in [7, 11) is -2.16. The highest BCUT2D eigenvalue weighted by Crippen LogP contribution is 2.19. The van der Waals surface area contributed by atoms with E-state index < -0.39 is 16.0 Å². The molecule has 0 atom stereocenters. The maximum absolute atomic E-state index is 12.5. The molecule has 8 heteroatoms. The largest absolute Gasteiger partial charge is 0.490 e. The van der Waals surface area contributed by atoms with Gasteiger partial charge in [-0.2, -0.15) is 4.31 Å². The molecule has 0 heterocycles. The molecule has 0 unspecified atom stereocenters. The van der Waals surface area contributed by atoms with Gasteiger partial charge < -0.3 is 9.47 Å². The van der Waals surface area contributed by atoms with Crippen LogP contribution in [0.15, 0.2) is 57.9 Å². The van der Waals surface area contributed by atoms with Gasteiger partial charge in [0.25, 0.3) is 0 Å². The zero-order valence-corrected chi connectivity index (χ0v) is 17.8. The molecule has 2 rings (SSSR count). The Morgan fingerprint density at radius 3 is 2.48 bits per heavy atom. The third-order valence-corrected chi connectivity index (χ3v) is 6.38. The number of hydrogen-bond donors (Lipinski definition) is 0. The van der Waals surface area contributed by atoms with Crippen LogP contribution >= 0.6 is 15.9 Å². The second-order valence-corrected chi connectivity index (χ2v) is 9.00. The molecule has 27 heavy (non-hydrogen) atoms. The standard InChI is InChI=1S/C19H22BrNO5S/c1-14(2)21(3)27(23,24)18-9-4-6-15(12-18)19(22)26-11-10-25-17-8-5-7-16(20)13-17/h4-9,12-14H,10-11H2,1-3H3. The minimum absolute atomic E-state index is 0.0498. The van der Waals surface area contributed by atoms with E-state index in [9.17, 15) is 13.2 Å². The lowest BCUT2D eigenvalue weighted by atomic mass is 10.2. The SMILES string of the molecule is CC(C)N(C)S(=O)(=O)c1cccc(C(=O)OCCOc2cccc(Br)c2)c1. The van der Waals surface area contributed by atoms with Crippen molar-refractivity contribution in [3.8, 4) is 5.75 Å². The van der Waals surface area contributed by atoms with Crippen molar-refractivity contribution in [2.24, 2.45) is 0 Å². The molecule has 0 spiro atoms. The summed E-state index contributed by atoms with van der Waals surface area (Å²) in [5, 5.41) is 0. The van der Waals surface area contributed by atoms with Gasteiger partial charge in [-0.3, -0.25) is 0 Å². The highest BCUT2D eigenvalue weighted by molar-refractivity contribution is 9.10. The van der Waals surface area contributed by atoms with Gasteiger partial charge in [-0.15, -0.1) is 0 Å². The molecule has 0 saturated heterocycles. The van der Waals surface area contributed by atoms with E-state index in [2.05, 4.69) is 15.9 Å². The van der Waals surface area contributed by atoms with Gasteiger partial charge >= 0.3 is 5.97 Å². The van der Waals surface area contributed by atoms with Gasteiger partial charge in [0.15, 0.2) is 0 Å². The lowest BCUT2D eigenvalue weighted by Crippen LogP contribution is -2.33. The van der Waals surface area contributed by atoms with Crippen molar-refractivity contribution < 1.29 is 22.7 Å². The van der Waals surface area contributed by atoms with Crippen molar-refractivity contribution in [2.45, 2.75) is 24.8 Å². The molecule has 2 aromatic carbocycles. The molecule has 0 aromatic heterocycles. The fourth-order valence-corrected chi connectivity index (χ4v) is 3.95. The van der Waals surface area contributed by atoms with Gasteiger partial charge in [0, 0.05) is 17.6 Å². The average molecular weight is 456 g/mol. The normalized spacial score (nSPS) is 11.6. The molecule has 0 aliphatic rings. The zero-order chi connectivity index (χ0) is 20.0. The molecule has 0 bridgehead atoms. The molecule has 0 fully saturated rings. The Morgan fingerprint density at radius 2 is 1.81 bits per heavy atom. The van der Waals surface area contributed by atoms with Crippen LogP contribution in [0.5, 0.6) is 5.75 Å². The summed E-state index contributed by atoms with van der Waals surface area (Å²) < 4.78 is 37.9. The summed E-state index contributed by atoms with van der Waals surface area (Å²) in [5.41, 5.74) is 0.177. The summed E-state index contributed by atoms with van der Waals surface area (Å²) in [6.45, 7) is 3.80. The Labute approximate surface area is 168 Å². The summed E-state index contributed by atoms with van der Waals surface area (Å²) in [5.74, 6) is 0.0577. The molecule has 6 nitrogen and oxygen atoms in total. The van der Waals surface area contributed by atoms with Crippen LogP contribution in [0.3, 0.4) is 0 Å². The first kappa shape index (κ1) is 21.4. The van der Waals surface area contributed by atoms with Gasteiger partial charge in [-0.05, 0) is 50.2 Å². The van der Waals surface area contributed by atoms with E-state index in [1.54, 1.807) is 26.0 Å². The van der Waals surface area contributed by atoms with E-state index in [-0.39, 0.29) is 29.7 Å². The van der Waals surface area contributed by atoms with Crippen LogP contribution in [0.4, 0.5) is 0 Å². The second-order valence-electron chi connectivity index (χ2n) is 6.08. The first-order valence-electron chi connectivity index (χ1n) is 8.35. The van der Waals surface area contributed by atoms with Gasteiger partial charge in [0.2, 0.25) is 10.0 Å². The van der Waals surface area contributed by atoms with Crippen molar-refractivity contribution in [3.05, 3.63) is 58.6 Å². The monoisotopic (exact) mass is 455 g/mol. The molecule has 146 valence electrons. The lowest BCUT2D eigenvalue weighted by molar-refractivity contribution is 0.0450.